The van der Waals surface area contributed by atoms with Crippen LogP contribution in [0.25, 0.3) is 0 Å². The number of carbonyl (C=O) groups is 1. The Labute approximate surface area is 78.8 Å². The van der Waals surface area contributed by atoms with Gasteiger partial charge in [-0.1, -0.05) is 37.3 Å². The molecular weight excluding hydrogens is 160 g/mol. The fraction of sp³-hybridized carbons (Fsp3) is 0.417. The SMILES string of the molecule is CCC(=O)C1C[C@H]1c1ccccc1. The fourth-order valence-electron chi connectivity index (χ4n) is 1.88. The number of ketones is 1. The van der Waals surface area contributed by atoms with Crippen molar-refractivity contribution >= 4 is 5.78 Å². The van der Waals surface area contributed by atoms with Crippen molar-refractivity contribution in [1.82, 2.24) is 0 Å². The smallest absolute Gasteiger partial charge is 0.136 e. The van der Waals surface area contributed by atoms with Crippen LogP contribution in [-0.4, -0.2) is 5.78 Å². The second-order valence-electron chi connectivity index (χ2n) is 3.68. The zero-order valence-corrected chi connectivity index (χ0v) is 7.86. The van der Waals surface area contributed by atoms with E-state index >= 15 is 0 Å². The van der Waals surface area contributed by atoms with Gasteiger partial charge in [0.15, 0.2) is 0 Å². The van der Waals surface area contributed by atoms with Gasteiger partial charge in [0.05, 0.1) is 0 Å². The molecule has 0 heterocycles. The molecule has 0 N–H and O–H groups in total. The van der Waals surface area contributed by atoms with Crippen LogP contribution in [0.15, 0.2) is 30.3 Å². The van der Waals surface area contributed by atoms with Crippen LogP contribution in [0.4, 0.5) is 0 Å². The molecule has 1 saturated carbocycles. The molecule has 2 rings (SSSR count). The predicted octanol–water partition coefficient (Wildman–Crippen LogP) is 2.77. The first-order valence-corrected chi connectivity index (χ1v) is 4.90. The number of benzene rings is 1. The van der Waals surface area contributed by atoms with Crippen molar-refractivity contribution in [3.63, 3.8) is 0 Å². The van der Waals surface area contributed by atoms with E-state index in [1.54, 1.807) is 0 Å². The lowest BCUT2D eigenvalue weighted by molar-refractivity contribution is -0.120. The lowest BCUT2D eigenvalue weighted by Gasteiger charge is -1.97. The van der Waals surface area contributed by atoms with Crippen LogP contribution < -0.4 is 0 Å². The Morgan fingerprint density at radius 1 is 1.38 bits per heavy atom. The van der Waals surface area contributed by atoms with Crippen molar-refractivity contribution in [2.45, 2.75) is 25.7 Å². The van der Waals surface area contributed by atoms with Crippen molar-refractivity contribution in [2.24, 2.45) is 5.92 Å². The molecule has 2 atom stereocenters. The van der Waals surface area contributed by atoms with Crippen molar-refractivity contribution in [3.05, 3.63) is 35.9 Å². The van der Waals surface area contributed by atoms with Gasteiger partial charge in [0, 0.05) is 12.3 Å². The summed E-state index contributed by atoms with van der Waals surface area (Å²) in [6, 6.07) is 10.3. The van der Waals surface area contributed by atoms with E-state index in [0.29, 0.717) is 24.0 Å². The number of carbonyl (C=O) groups excluding carboxylic acids is 1. The number of Topliss-reactive ketones (excluding diaryl/α,β-unsaturated/α-hetero) is 1. The maximum Gasteiger partial charge on any atom is 0.136 e. The molecule has 1 nitrogen and oxygen atoms in total. The van der Waals surface area contributed by atoms with E-state index in [0.717, 1.165) is 6.42 Å². The van der Waals surface area contributed by atoms with E-state index in [-0.39, 0.29) is 0 Å². The zero-order valence-electron chi connectivity index (χ0n) is 7.86. The standard InChI is InChI=1S/C12H14O/c1-2-12(13)11-8-10(11)9-6-4-3-5-7-9/h3-7,10-11H,2,8H2,1H3/t10-,11?/m0/s1. The summed E-state index contributed by atoms with van der Waals surface area (Å²) < 4.78 is 0. The number of hydrogen-bond donors (Lipinski definition) is 0. The molecule has 1 heteroatoms. The lowest BCUT2D eigenvalue weighted by Crippen LogP contribution is -1.99. The number of rotatable bonds is 3. The highest BCUT2D eigenvalue weighted by Gasteiger charge is 2.42. The molecule has 0 aliphatic heterocycles. The predicted molar refractivity (Wildman–Crippen MR) is 52.6 cm³/mol. The zero-order chi connectivity index (χ0) is 9.26. The molecule has 0 spiro atoms. The summed E-state index contributed by atoms with van der Waals surface area (Å²) in [5.74, 6) is 1.27. The molecule has 0 amide bonds. The van der Waals surface area contributed by atoms with Crippen LogP contribution in [-0.2, 0) is 4.79 Å². The van der Waals surface area contributed by atoms with E-state index in [1.807, 2.05) is 25.1 Å². The Bertz CT molecular complexity index is 302. The van der Waals surface area contributed by atoms with E-state index < -0.39 is 0 Å². The van der Waals surface area contributed by atoms with Crippen LogP contribution >= 0.6 is 0 Å². The van der Waals surface area contributed by atoms with Gasteiger partial charge in [-0.25, -0.2) is 0 Å². The third-order valence-electron chi connectivity index (χ3n) is 2.78. The number of hydrogen-bond acceptors (Lipinski definition) is 1. The van der Waals surface area contributed by atoms with Crippen molar-refractivity contribution in [2.75, 3.05) is 0 Å². The van der Waals surface area contributed by atoms with Gasteiger partial charge in [-0.2, -0.15) is 0 Å². The minimum atomic E-state index is 0.326. The van der Waals surface area contributed by atoms with Gasteiger partial charge in [-0.05, 0) is 17.9 Å². The maximum absolute atomic E-state index is 11.4. The first-order chi connectivity index (χ1) is 6.33. The largest absolute Gasteiger partial charge is 0.299 e. The van der Waals surface area contributed by atoms with Crippen LogP contribution in [0.5, 0.6) is 0 Å². The van der Waals surface area contributed by atoms with Crippen molar-refractivity contribution < 1.29 is 4.79 Å². The summed E-state index contributed by atoms with van der Waals surface area (Å²) in [5, 5.41) is 0. The molecule has 1 aromatic carbocycles. The molecule has 0 saturated heterocycles. The molecule has 0 aromatic heterocycles. The molecule has 1 aliphatic rings. The van der Waals surface area contributed by atoms with E-state index in [1.165, 1.54) is 5.56 Å². The second kappa shape index (κ2) is 3.33. The monoisotopic (exact) mass is 174 g/mol. The Morgan fingerprint density at radius 2 is 2.08 bits per heavy atom. The Kier molecular flexibility index (Phi) is 2.17. The summed E-state index contributed by atoms with van der Waals surface area (Å²) in [5.41, 5.74) is 1.33. The Morgan fingerprint density at radius 3 is 2.69 bits per heavy atom. The molecule has 0 radical (unpaired) electrons. The highest BCUT2D eigenvalue weighted by molar-refractivity contribution is 5.84. The summed E-state index contributed by atoms with van der Waals surface area (Å²) in [6.07, 6.45) is 1.75. The minimum absolute atomic E-state index is 0.326. The van der Waals surface area contributed by atoms with Gasteiger partial charge >= 0.3 is 0 Å². The van der Waals surface area contributed by atoms with E-state index in [4.69, 9.17) is 0 Å². The Balaban J connectivity index is 2.04. The van der Waals surface area contributed by atoms with Crippen molar-refractivity contribution in [3.8, 4) is 0 Å². The third-order valence-corrected chi connectivity index (χ3v) is 2.78. The molecule has 1 aromatic rings. The maximum atomic E-state index is 11.4. The molecule has 1 unspecified atom stereocenters. The fourth-order valence-corrected chi connectivity index (χ4v) is 1.88. The summed E-state index contributed by atoms with van der Waals surface area (Å²) in [4.78, 5) is 11.4. The second-order valence-corrected chi connectivity index (χ2v) is 3.68. The topological polar surface area (TPSA) is 17.1 Å². The highest BCUT2D eigenvalue weighted by Crippen LogP contribution is 2.48. The van der Waals surface area contributed by atoms with Gasteiger partial charge in [-0.3, -0.25) is 4.79 Å². The molecule has 68 valence electrons. The average Bonchev–Trinajstić information content (AvgIpc) is 2.98. The first kappa shape index (κ1) is 8.49. The minimum Gasteiger partial charge on any atom is -0.299 e. The van der Waals surface area contributed by atoms with E-state index in [9.17, 15) is 4.79 Å². The average molecular weight is 174 g/mol. The van der Waals surface area contributed by atoms with Gasteiger partial charge < -0.3 is 0 Å². The summed E-state index contributed by atoms with van der Waals surface area (Å²) in [6.45, 7) is 1.95. The van der Waals surface area contributed by atoms with Crippen molar-refractivity contribution in [1.29, 1.82) is 0 Å². The molecule has 1 aliphatic carbocycles. The normalized spacial score (nSPS) is 25.6. The third kappa shape index (κ3) is 1.64. The Hall–Kier alpha value is -1.11. The molecule has 1 fully saturated rings. The molecular formula is C12H14O. The van der Waals surface area contributed by atoms with Crippen LogP contribution in [0.1, 0.15) is 31.2 Å². The van der Waals surface area contributed by atoms with Gasteiger partial charge in [0.2, 0.25) is 0 Å². The summed E-state index contributed by atoms with van der Waals surface area (Å²) in [7, 11) is 0. The quantitative estimate of drug-likeness (QED) is 0.688. The summed E-state index contributed by atoms with van der Waals surface area (Å²) >= 11 is 0. The first-order valence-electron chi connectivity index (χ1n) is 4.90. The van der Waals surface area contributed by atoms with Crippen LogP contribution in [0.3, 0.4) is 0 Å². The lowest BCUT2D eigenvalue weighted by atomic mass is 10.1. The molecule has 13 heavy (non-hydrogen) atoms. The van der Waals surface area contributed by atoms with Gasteiger partial charge in [0.1, 0.15) is 5.78 Å². The molecule has 0 bridgehead atoms. The highest BCUT2D eigenvalue weighted by atomic mass is 16.1. The van der Waals surface area contributed by atoms with Gasteiger partial charge in [0.25, 0.3) is 0 Å². The van der Waals surface area contributed by atoms with Gasteiger partial charge in [-0.15, -0.1) is 0 Å². The van der Waals surface area contributed by atoms with Crippen LogP contribution in [0.2, 0.25) is 0 Å². The van der Waals surface area contributed by atoms with Crippen LogP contribution in [0, 0.1) is 5.92 Å². The van der Waals surface area contributed by atoms with E-state index in [2.05, 4.69) is 12.1 Å².